The van der Waals surface area contributed by atoms with E-state index in [9.17, 15) is 9.59 Å². The van der Waals surface area contributed by atoms with Crippen molar-refractivity contribution in [2.24, 2.45) is 16.6 Å². The molecule has 4 rings (SSSR count). The Kier molecular flexibility index (Phi) is 7.92. The van der Waals surface area contributed by atoms with E-state index in [0.29, 0.717) is 30.0 Å². The molecule has 38 heavy (non-hydrogen) atoms. The van der Waals surface area contributed by atoms with Gasteiger partial charge >= 0.3 is 0 Å². The molecule has 0 radical (unpaired) electrons. The van der Waals surface area contributed by atoms with Crippen LogP contribution in [-0.4, -0.2) is 34.6 Å². The predicted octanol–water partition coefficient (Wildman–Crippen LogP) is 4.82. The van der Waals surface area contributed by atoms with Gasteiger partial charge in [-0.2, -0.15) is 5.26 Å². The lowest BCUT2D eigenvalue weighted by Gasteiger charge is -2.27. The molecule has 7 heteroatoms. The second-order valence-corrected chi connectivity index (χ2v) is 10.2. The average Bonchev–Trinajstić information content (AvgIpc) is 3.17. The molecule has 0 saturated heterocycles. The second-order valence-electron chi connectivity index (χ2n) is 10.2. The van der Waals surface area contributed by atoms with Gasteiger partial charge in [-0.1, -0.05) is 68.4 Å². The second kappa shape index (κ2) is 11.3. The molecule has 0 aromatic heterocycles. The van der Waals surface area contributed by atoms with Crippen molar-refractivity contribution in [2.75, 3.05) is 7.05 Å². The lowest BCUT2D eigenvalue weighted by Crippen LogP contribution is -2.42. The Labute approximate surface area is 224 Å². The highest BCUT2D eigenvalue weighted by molar-refractivity contribution is 6.07. The molecule has 0 aliphatic carbocycles. The number of hydrogen-bond acceptors (Lipinski definition) is 5. The van der Waals surface area contributed by atoms with E-state index in [1.165, 1.54) is 4.90 Å². The van der Waals surface area contributed by atoms with Gasteiger partial charge in [-0.3, -0.25) is 14.5 Å². The van der Waals surface area contributed by atoms with Crippen LogP contribution in [0.25, 0.3) is 0 Å². The predicted molar refractivity (Wildman–Crippen MR) is 148 cm³/mol. The Morgan fingerprint density at radius 1 is 1.05 bits per heavy atom. The lowest BCUT2D eigenvalue weighted by atomic mass is 9.83. The summed E-state index contributed by atoms with van der Waals surface area (Å²) in [6.45, 7) is 4.90. The van der Waals surface area contributed by atoms with Crippen LogP contribution < -0.4 is 5.73 Å². The Morgan fingerprint density at radius 3 is 2.42 bits per heavy atom. The molecule has 7 nitrogen and oxygen atoms in total. The first kappa shape index (κ1) is 26.6. The van der Waals surface area contributed by atoms with E-state index in [1.807, 2.05) is 54.6 Å². The van der Waals surface area contributed by atoms with E-state index in [0.717, 1.165) is 23.1 Å². The van der Waals surface area contributed by atoms with Crippen molar-refractivity contribution in [3.63, 3.8) is 0 Å². The summed E-state index contributed by atoms with van der Waals surface area (Å²) in [5, 5.41) is 8.99. The molecule has 1 aliphatic heterocycles. The van der Waals surface area contributed by atoms with Gasteiger partial charge in [0.15, 0.2) is 11.5 Å². The van der Waals surface area contributed by atoms with Crippen molar-refractivity contribution in [1.29, 1.82) is 5.26 Å². The molecule has 2 N–H and O–H groups in total. The van der Waals surface area contributed by atoms with E-state index in [1.54, 1.807) is 36.2 Å². The molecule has 1 unspecified atom stereocenters. The zero-order chi connectivity index (χ0) is 27.3. The van der Waals surface area contributed by atoms with E-state index in [-0.39, 0.29) is 24.3 Å². The fourth-order valence-corrected chi connectivity index (χ4v) is 4.73. The van der Waals surface area contributed by atoms with E-state index in [2.05, 4.69) is 19.9 Å². The largest absolute Gasteiger partial charge is 0.369 e. The van der Waals surface area contributed by atoms with Crippen LogP contribution in [0.4, 0.5) is 0 Å². The highest BCUT2D eigenvalue weighted by Crippen LogP contribution is 2.38. The summed E-state index contributed by atoms with van der Waals surface area (Å²) >= 11 is 0. The van der Waals surface area contributed by atoms with Crippen molar-refractivity contribution >= 4 is 17.8 Å². The first-order valence-corrected chi connectivity index (χ1v) is 12.8. The van der Waals surface area contributed by atoms with Crippen LogP contribution in [0.2, 0.25) is 0 Å². The first-order chi connectivity index (χ1) is 18.2. The maximum absolute atomic E-state index is 13.9. The summed E-state index contributed by atoms with van der Waals surface area (Å²) in [5.41, 5.74) is 8.98. The molecule has 1 heterocycles. The minimum absolute atomic E-state index is 0.138. The Morgan fingerprint density at radius 2 is 1.76 bits per heavy atom. The zero-order valence-corrected chi connectivity index (χ0v) is 22.1. The van der Waals surface area contributed by atoms with Crippen molar-refractivity contribution in [2.45, 2.75) is 45.3 Å². The van der Waals surface area contributed by atoms with E-state index >= 15 is 0 Å². The number of carbonyl (C=O) groups excluding carboxylic acids is 2. The fourth-order valence-electron chi connectivity index (χ4n) is 4.73. The molecule has 3 aromatic carbocycles. The van der Waals surface area contributed by atoms with Crippen LogP contribution in [0.5, 0.6) is 0 Å². The summed E-state index contributed by atoms with van der Waals surface area (Å²) in [7, 11) is 1.74. The minimum Gasteiger partial charge on any atom is -0.369 e. The van der Waals surface area contributed by atoms with Gasteiger partial charge in [0.2, 0.25) is 0 Å². The van der Waals surface area contributed by atoms with Gasteiger partial charge in [-0.05, 0) is 59.7 Å². The van der Waals surface area contributed by atoms with Crippen molar-refractivity contribution in [3.8, 4) is 6.07 Å². The Bertz CT molecular complexity index is 1380. The number of nitriles is 1. The summed E-state index contributed by atoms with van der Waals surface area (Å²) in [5.74, 6) is 0.327. The van der Waals surface area contributed by atoms with Crippen LogP contribution in [0.3, 0.4) is 0 Å². The minimum atomic E-state index is -1.04. The Hall–Kier alpha value is -4.44. The van der Waals surface area contributed by atoms with Crippen LogP contribution in [0.1, 0.15) is 59.3 Å². The average molecular weight is 508 g/mol. The number of rotatable bonds is 9. The quantitative estimate of drug-likeness (QED) is 0.448. The SMILES string of the molecule is CC(C)CCC1(c2ccccc2)N=C(N)N(Cc2cccc(C(=O)N(C)Cc3ccc(C#N)cc3)c2)C1=O. The lowest BCUT2D eigenvalue weighted by molar-refractivity contribution is -0.132. The van der Waals surface area contributed by atoms with Crippen molar-refractivity contribution in [3.05, 3.63) is 107 Å². The first-order valence-electron chi connectivity index (χ1n) is 12.8. The molecule has 0 spiro atoms. The number of aliphatic imine (C=N–C) groups is 1. The molecule has 194 valence electrons. The zero-order valence-electron chi connectivity index (χ0n) is 22.1. The van der Waals surface area contributed by atoms with Crippen LogP contribution in [0.15, 0.2) is 83.9 Å². The monoisotopic (exact) mass is 507 g/mol. The number of nitrogens with two attached hydrogens (primary N) is 1. The maximum Gasteiger partial charge on any atom is 0.262 e. The van der Waals surface area contributed by atoms with Crippen LogP contribution >= 0.6 is 0 Å². The van der Waals surface area contributed by atoms with E-state index in [4.69, 9.17) is 16.0 Å². The van der Waals surface area contributed by atoms with Crippen LogP contribution in [0, 0.1) is 17.2 Å². The summed E-state index contributed by atoms with van der Waals surface area (Å²) in [6, 6.07) is 26.1. The van der Waals surface area contributed by atoms with Gasteiger partial charge in [0, 0.05) is 19.2 Å². The number of guanidine groups is 1. The number of nitrogens with zero attached hydrogens (tertiary/aromatic N) is 4. The normalized spacial score (nSPS) is 16.9. The van der Waals surface area contributed by atoms with Crippen molar-refractivity contribution < 1.29 is 9.59 Å². The topological polar surface area (TPSA) is 103 Å². The van der Waals surface area contributed by atoms with E-state index < -0.39 is 5.54 Å². The van der Waals surface area contributed by atoms with Gasteiger partial charge in [0.25, 0.3) is 11.8 Å². The molecule has 0 bridgehead atoms. The standard InChI is InChI=1S/C31H33N5O2/c1-22(2)16-17-31(27-10-5-4-6-11-27)29(38)36(30(33)34-31)21-25-8-7-9-26(18-25)28(37)35(3)20-24-14-12-23(19-32)13-15-24/h4-15,18,22H,16-17,20-21H2,1-3H3,(H2,33,34). The molecule has 0 fully saturated rings. The summed E-state index contributed by atoms with van der Waals surface area (Å²) in [6.07, 6.45) is 1.41. The molecule has 2 amide bonds. The molecular weight excluding hydrogens is 474 g/mol. The van der Waals surface area contributed by atoms with Crippen LogP contribution in [-0.2, 0) is 23.4 Å². The Balaban J connectivity index is 1.52. The summed E-state index contributed by atoms with van der Waals surface area (Å²) in [4.78, 5) is 34.9. The third kappa shape index (κ3) is 5.60. The molecular formula is C31H33N5O2. The number of amides is 2. The van der Waals surface area contributed by atoms with Gasteiger partial charge in [0.05, 0.1) is 18.2 Å². The molecule has 1 atom stereocenters. The van der Waals surface area contributed by atoms with Gasteiger partial charge in [0.1, 0.15) is 0 Å². The number of hydrogen-bond donors (Lipinski definition) is 1. The maximum atomic E-state index is 13.9. The third-order valence-corrected chi connectivity index (χ3v) is 6.88. The van der Waals surface area contributed by atoms with Gasteiger partial charge < -0.3 is 10.6 Å². The number of carbonyl (C=O) groups is 2. The molecule has 3 aromatic rings. The fraction of sp³-hybridized carbons (Fsp3) is 0.290. The highest BCUT2D eigenvalue weighted by atomic mass is 16.2. The van der Waals surface area contributed by atoms with Crippen molar-refractivity contribution in [1.82, 2.24) is 9.80 Å². The van der Waals surface area contributed by atoms with Gasteiger partial charge in [-0.15, -0.1) is 0 Å². The highest BCUT2D eigenvalue weighted by Gasteiger charge is 2.48. The smallest absolute Gasteiger partial charge is 0.262 e. The molecule has 1 aliphatic rings. The third-order valence-electron chi connectivity index (χ3n) is 6.88. The number of benzene rings is 3. The van der Waals surface area contributed by atoms with Gasteiger partial charge in [-0.25, -0.2) is 4.99 Å². The molecule has 0 saturated carbocycles. The summed E-state index contributed by atoms with van der Waals surface area (Å²) < 4.78 is 0.